The molecule has 1 fully saturated rings. The van der Waals surface area contributed by atoms with Gasteiger partial charge >= 0.3 is 5.97 Å². The van der Waals surface area contributed by atoms with Gasteiger partial charge in [-0.05, 0) is 48.7 Å². The van der Waals surface area contributed by atoms with Crippen LogP contribution in [0.3, 0.4) is 0 Å². The molecule has 4 heteroatoms. The highest BCUT2D eigenvalue weighted by atomic mass is 16.5. The lowest BCUT2D eigenvalue weighted by Gasteiger charge is -2.29. The quantitative estimate of drug-likeness (QED) is 0.719. The molecule has 25 heavy (non-hydrogen) atoms. The second-order valence-electron chi connectivity index (χ2n) is 6.85. The summed E-state index contributed by atoms with van der Waals surface area (Å²) >= 11 is 0. The summed E-state index contributed by atoms with van der Waals surface area (Å²) < 4.78 is 4.81. The van der Waals surface area contributed by atoms with E-state index in [9.17, 15) is 4.79 Å². The number of methoxy groups -OCH3 is 1. The number of H-pyrrole nitrogens is 1. The van der Waals surface area contributed by atoms with Gasteiger partial charge in [0, 0.05) is 22.9 Å². The molecule has 128 valence electrons. The largest absolute Gasteiger partial charge is 0.464 e. The Kier molecular flexibility index (Phi) is 4.06. The molecule has 1 aliphatic heterocycles. The van der Waals surface area contributed by atoms with Crippen molar-refractivity contribution in [2.24, 2.45) is 0 Å². The Morgan fingerprint density at radius 3 is 2.72 bits per heavy atom. The second kappa shape index (κ2) is 6.37. The van der Waals surface area contributed by atoms with E-state index in [0.29, 0.717) is 5.69 Å². The van der Waals surface area contributed by atoms with Crippen molar-refractivity contribution in [2.75, 3.05) is 20.2 Å². The number of hydrogen-bond acceptors (Lipinski definition) is 3. The van der Waals surface area contributed by atoms with Crippen molar-refractivity contribution < 1.29 is 9.53 Å². The lowest BCUT2D eigenvalue weighted by molar-refractivity contribution is 0.0595. The molecular formula is C21H22N2O2. The molecule has 0 spiro atoms. The first kappa shape index (κ1) is 15.9. The SMILES string of the molecule is COC(=O)c1cc2cc(C3(Cc4ccccc4)CCNC3)ccc2[nH]1. The first-order chi connectivity index (χ1) is 12.2. The summed E-state index contributed by atoms with van der Waals surface area (Å²) in [6.45, 7) is 2.01. The maximum absolute atomic E-state index is 11.8. The van der Waals surface area contributed by atoms with Crippen molar-refractivity contribution in [2.45, 2.75) is 18.3 Å². The van der Waals surface area contributed by atoms with E-state index in [2.05, 4.69) is 58.8 Å². The number of hydrogen-bond donors (Lipinski definition) is 2. The molecule has 1 atom stereocenters. The monoisotopic (exact) mass is 334 g/mol. The first-order valence-corrected chi connectivity index (χ1v) is 8.66. The molecular weight excluding hydrogens is 312 g/mol. The number of rotatable bonds is 4. The fourth-order valence-corrected chi connectivity index (χ4v) is 3.91. The van der Waals surface area contributed by atoms with Crippen LogP contribution >= 0.6 is 0 Å². The predicted octanol–water partition coefficient (Wildman–Crippen LogP) is 3.43. The fourth-order valence-electron chi connectivity index (χ4n) is 3.91. The number of benzene rings is 2. The Morgan fingerprint density at radius 1 is 1.16 bits per heavy atom. The summed E-state index contributed by atoms with van der Waals surface area (Å²) in [6, 6.07) is 19.0. The Morgan fingerprint density at radius 2 is 2.00 bits per heavy atom. The van der Waals surface area contributed by atoms with E-state index in [1.165, 1.54) is 18.2 Å². The van der Waals surface area contributed by atoms with Crippen LogP contribution in [0.5, 0.6) is 0 Å². The predicted molar refractivity (Wildman–Crippen MR) is 98.9 cm³/mol. The van der Waals surface area contributed by atoms with Crippen LogP contribution in [-0.2, 0) is 16.6 Å². The zero-order valence-corrected chi connectivity index (χ0v) is 14.3. The minimum Gasteiger partial charge on any atom is -0.464 e. The number of carbonyl (C=O) groups excluding carboxylic acids is 1. The van der Waals surface area contributed by atoms with Gasteiger partial charge in [-0.2, -0.15) is 0 Å². The fraction of sp³-hybridized carbons (Fsp3) is 0.286. The molecule has 1 aromatic heterocycles. The van der Waals surface area contributed by atoms with Gasteiger partial charge in [0.1, 0.15) is 5.69 Å². The van der Waals surface area contributed by atoms with Crippen LogP contribution in [0.1, 0.15) is 28.0 Å². The van der Waals surface area contributed by atoms with E-state index in [-0.39, 0.29) is 11.4 Å². The Hall–Kier alpha value is -2.59. The molecule has 0 aliphatic carbocycles. The number of esters is 1. The lowest BCUT2D eigenvalue weighted by Crippen LogP contribution is -2.31. The van der Waals surface area contributed by atoms with Crippen LogP contribution in [0.4, 0.5) is 0 Å². The van der Waals surface area contributed by atoms with Crippen molar-refractivity contribution in [1.82, 2.24) is 10.3 Å². The molecule has 2 heterocycles. The van der Waals surface area contributed by atoms with Crippen molar-refractivity contribution in [3.63, 3.8) is 0 Å². The molecule has 1 aliphatic rings. The minimum absolute atomic E-state index is 0.0955. The summed E-state index contributed by atoms with van der Waals surface area (Å²) in [6.07, 6.45) is 2.13. The molecule has 0 amide bonds. The van der Waals surface area contributed by atoms with Crippen LogP contribution in [0.15, 0.2) is 54.6 Å². The zero-order chi connectivity index (χ0) is 17.3. The topological polar surface area (TPSA) is 54.1 Å². The zero-order valence-electron chi connectivity index (χ0n) is 14.3. The first-order valence-electron chi connectivity index (χ1n) is 8.66. The Labute approximate surface area is 147 Å². The summed E-state index contributed by atoms with van der Waals surface area (Å²) in [4.78, 5) is 14.9. The van der Waals surface area contributed by atoms with Crippen LogP contribution < -0.4 is 5.32 Å². The molecule has 2 aromatic carbocycles. The molecule has 0 saturated carbocycles. The molecule has 4 nitrogen and oxygen atoms in total. The van der Waals surface area contributed by atoms with Crippen molar-refractivity contribution >= 4 is 16.9 Å². The second-order valence-corrected chi connectivity index (χ2v) is 6.85. The highest BCUT2D eigenvalue weighted by molar-refractivity contribution is 5.95. The van der Waals surface area contributed by atoms with E-state index < -0.39 is 0 Å². The third-order valence-electron chi connectivity index (χ3n) is 5.27. The van der Waals surface area contributed by atoms with E-state index in [4.69, 9.17) is 4.74 Å². The smallest absolute Gasteiger partial charge is 0.354 e. The minimum atomic E-state index is -0.334. The van der Waals surface area contributed by atoms with E-state index in [0.717, 1.165) is 36.8 Å². The number of nitrogens with one attached hydrogen (secondary N) is 2. The molecule has 4 rings (SSSR count). The molecule has 1 unspecified atom stereocenters. The van der Waals surface area contributed by atoms with Gasteiger partial charge in [0.2, 0.25) is 0 Å². The number of aromatic amines is 1. The molecule has 3 aromatic rings. The van der Waals surface area contributed by atoms with Gasteiger partial charge in [-0.25, -0.2) is 4.79 Å². The average molecular weight is 334 g/mol. The van der Waals surface area contributed by atoms with E-state index in [1.807, 2.05) is 6.07 Å². The standard InChI is InChI=1S/C21H22N2O2/c1-25-20(24)19-12-16-11-17(7-8-18(16)23-19)21(9-10-22-14-21)13-15-5-3-2-4-6-15/h2-8,11-12,22-23H,9-10,13-14H2,1H3. The highest BCUT2D eigenvalue weighted by Gasteiger charge is 2.35. The number of fused-ring (bicyclic) bond motifs is 1. The van der Waals surface area contributed by atoms with Crippen LogP contribution in [0.2, 0.25) is 0 Å². The summed E-state index contributed by atoms with van der Waals surface area (Å²) in [5, 5.41) is 4.58. The van der Waals surface area contributed by atoms with Gasteiger partial charge in [0.05, 0.1) is 7.11 Å². The summed E-state index contributed by atoms with van der Waals surface area (Å²) in [5.41, 5.74) is 4.24. The normalized spacial score (nSPS) is 20.0. The van der Waals surface area contributed by atoms with Gasteiger partial charge in [0.25, 0.3) is 0 Å². The summed E-state index contributed by atoms with van der Waals surface area (Å²) in [5.74, 6) is -0.334. The average Bonchev–Trinajstić information content (AvgIpc) is 3.28. The molecule has 2 N–H and O–H groups in total. The van der Waals surface area contributed by atoms with Crippen LogP contribution in [0.25, 0.3) is 10.9 Å². The highest BCUT2D eigenvalue weighted by Crippen LogP contribution is 2.36. The lowest BCUT2D eigenvalue weighted by atomic mass is 9.74. The number of ether oxygens (including phenoxy) is 1. The van der Waals surface area contributed by atoms with Crippen molar-refractivity contribution in [1.29, 1.82) is 0 Å². The maximum atomic E-state index is 11.8. The van der Waals surface area contributed by atoms with E-state index >= 15 is 0 Å². The maximum Gasteiger partial charge on any atom is 0.354 e. The van der Waals surface area contributed by atoms with Gasteiger partial charge in [-0.3, -0.25) is 0 Å². The number of carbonyl (C=O) groups is 1. The van der Waals surface area contributed by atoms with Crippen molar-refractivity contribution in [3.8, 4) is 0 Å². The molecule has 1 saturated heterocycles. The Bertz CT molecular complexity index is 893. The third-order valence-corrected chi connectivity index (χ3v) is 5.27. The van der Waals surface area contributed by atoms with Gasteiger partial charge in [0.15, 0.2) is 0 Å². The Balaban J connectivity index is 1.73. The van der Waals surface area contributed by atoms with E-state index in [1.54, 1.807) is 0 Å². The van der Waals surface area contributed by atoms with Gasteiger partial charge in [-0.15, -0.1) is 0 Å². The van der Waals surface area contributed by atoms with Crippen molar-refractivity contribution in [3.05, 3.63) is 71.4 Å². The molecule has 0 bridgehead atoms. The van der Waals surface area contributed by atoms with Gasteiger partial charge < -0.3 is 15.0 Å². The third kappa shape index (κ3) is 2.94. The summed E-state index contributed by atoms with van der Waals surface area (Å²) in [7, 11) is 1.40. The number of aromatic nitrogens is 1. The van der Waals surface area contributed by atoms with Crippen LogP contribution in [-0.4, -0.2) is 31.2 Å². The van der Waals surface area contributed by atoms with Crippen LogP contribution in [0, 0.1) is 0 Å². The molecule has 0 radical (unpaired) electrons. The van der Waals surface area contributed by atoms with Gasteiger partial charge in [-0.1, -0.05) is 36.4 Å².